The van der Waals surface area contributed by atoms with Gasteiger partial charge >= 0.3 is 5.97 Å². The summed E-state index contributed by atoms with van der Waals surface area (Å²) in [5.74, 6) is -1.34. The van der Waals surface area contributed by atoms with Crippen molar-refractivity contribution in [2.75, 3.05) is 13.2 Å². The number of esters is 1. The summed E-state index contributed by atoms with van der Waals surface area (Å²) in [5.41, 5.74) is 11.0. The predicted octanol–water partition coefficient (Wildman–Crippen LogP) is 6.96. The number of nitrogens with one attached hydrogen (secondary N) is 2. The van der Waals surface area contributed by atoms with Crippen LogP contribution in [0.3, 0.4) is 0 Å². The highest BCUT2D eigenvalue weighted by molar-refractivity contribution is 7.10. The Morgan fingerprint density at radius 1 is 1.16 bits per heavy atom. The third kappa shape index (κ3) is 7.28. The highest BCUT2D eigenvalue weighted by Crippen LogP contribution is 2.53. The molecule has 6 heterocycles. The lowest BCUT2D eigenvalue weighted by Crippen LogP contribution is -2.61. The van der Waals surface area contributed by atoms with Gasteiger partial charge in [-0.15, -0.1) is 11.3 Å². The predicted molar refractivity (Wildman–Crippen MR) is 221 cm³/mol. The lowest BCUT2D eigenvalue weighted by molar-refractivity contribution is -0.155. The van der Waals surface area contributed by atoms with Crippen LogP contribution >= 0.6 is 11.3 Å². The highest BCUT2D eigenvalue weighted by atomic mass is 32.1. The Morgan fingerprint density at radius 3 is 2.70 bits per heavy atom. The van der Waals surface area contributed by atoms with Crippen LogP contribution in [0, 0.1) is 17.3 Å². The molecule has 300 valence electrons. The standard InChI is InChI=1S/C44H54N8O4S/c1-9-51-34-15-14-27-18-29(34)30(39(51)28-12-10-16-45-37(28)24(2)3)19-44(6,7)22-56-43(55)31-13-11-17-52(49-31)42(54)38(26(5)41-47-33(27)21-57-41)48-40(53)36-25(4)35(36)32-20-50(8)23-46-32/h10,12,14-16,18,20-21,23-26,31,35-36,38,49H,9,11,13,17,19,22H2,1-8H3,(H,48,53)/t25-,26-,31-,35-,36+,38-/m0/s1. The molecule has 4 aromatic heterocycles. The summed E-state index contributed by atoms with van der Waals surface area (Å²) in [6, 6.07) is 9.10. The number of benzene rings is 1. The van der Waals surface area contributed by atoms with Crippen molar-refractivity contribution in [3.63, 3.8) is 0 Å². The molecule has 2 fully saturated rings. The van der Waals surface area contributed by atoms with Crippen molar-refractivity contribution in [2.24, 2.45) is 24.3 Å². The second kappa shape index (κ2) is 15.1. The summed E-state index contributed by atoms with van der Waals surface area (Å²) >= 11 is 1.49. The number of imidazole rings is 1. The normalized spacial score (nSPS) is 25.0. The first-order valence-corrected chi connectivity index (χ1v) is 21.2. The highest BCUT2D eigenvalue weighted by Gasteiger charge is 2.54. The number of hydrogen-bond donors (Lipinski definition) is 2. The van der Waals surface area contributed by atoms with E-state index in [1.54, 1.807) is 6.33 Å². The Balaban J connectivity index is 1.22. The smallest absolute Gasteiger partial charge is 0.324 e. The minimum absolute atomic E-state index is 0.0168. The maximum absolute atomic E-state index is 14.5. The average molecular weight is 791 g/mol. The minimum Gasteiger partial charge on any atom is -0.464 e. The largest absolute Gasteiger partial charge is 0.464 e. The number of rotatable bonds is 6. The van der Waals surface area contributed by atoms with Crippen molar-refractivity contribution in [3.8, 4) is 22.5 Å². The Hall–Kier alpha value is -4.88. The first-order chi connectivity index (χ1) is 27.3. The number of carbonyl (C=O) groups excluding carboxylic acids is 3. The van der Waals surface area contributed by atoms with Gasteiger partial charge in [0.05, 0.1) is 40.7 Å². The van der Waals surface area contributed by atoms with E-state index in [9.17, 15) is 14.4 Å². The fourth-order valence-electron chi connectivity index (χ4n) is 9.00. The monoisotopic (exact) mass is 790 g/mol. The second-order valence-corrected chi connectivity index (χ2v) is 18.3. The van der Waals surface area contributed by atoms with Crippen LogP contribution in [0.5, 0.6) is 0 Å². The Bertz CT molecular complexity index is 2340. The molecule has 5 aromatic rings. The number of cyclic esters (lactones) is 1. The van der Waals surface area contributed by atoms with E-state index in [1.165, 1.54) is 21.9 Å². The summed E-state index contributed by atoms with van der Waals surface area (Å²) in [7, 11) is 1.92. The third-order valence-corrected chi connectivity index (χ3v) is 13.2. The number of carbonyl (C=O) groups is 3. The van der Waals surface area contributed by atoms with Crippen LogP contribution in [-0.4, -0.2) is 72.1 Å². The molecule has 2 amide bonds. The van der Waals surface area contributed by atoms with Gasteiger partial charge in [-0.3, -0.25) is 24.4 Å². The number of hydrogen-bond acceptors (Lipinski definition) is 9. The number of ether oxygens (including phenoxy) is 1. The molecular weight excluding hydrogens is 737 g/mol. The molecule has 2 N–H and O–H groups in total. The molecule has 57 heavy (non-hydrogen) atoms. The number of aromatic nitrogens is 5. The summed E-state index contributed by atoms with van der Waals surface area (Å²) in [4.78, 5) is 56.9. The van der Waals surface area contributed by atoms with Crippen LogP contribution in [0.25, 0.3) is 33.4 Å². The second-order valence-electron chi connectivity index (χ2n) is 17.4. The van der Waals surface area contributed by atoms with E-state index in [-0.39, 0.29) is 42.1 Å². The van der Waals surface area contributed by atoms with Crippen LogP contribution < -0.4 is 10.7 Å². The zero-order chi connectivity index (χ0) is 40.3. The maximum Gasteiger partial charge on any atom is 0.324 e. The van der Waals surface area contributed by atoms with E-state index in [0.717, 1.165) is 56.4 Å². The first-order valence-electron chi connectivity index (χ1n) is 20.3. The molecule has 3 aliphatic rings. The van der Waals surface area contributed by atoms with E-state index < -0.39 is 29.4 Å². The molecule has 6 bridgehead atoms. The number of amides is 2. The molecule has 12 nitrogen and oxygen atoms in total. The van der Waals surface area contributed by atoms with E-state index in [2.05, 4.69) is 86.1 Å². The van der Waals surface area contributed by atoms with E-state index in [4.69, 9.17) is 14.7 Å². The number of aryl methyl sites for hydroxylation is 2. The molecule has 0 spiro atoms. The van der Waals surface area contributed by atoms with Crippen LogP contribution in [0.15, 0.2) is 54.4 Å². The summed E-state index contributed by atoms with van der Waals surface area (Å²) in [5, 5.41) is 8.58. The average Bonchev–Trinajstić information content (AvgIpc) is 3.55. The van der Waals surface area contributed by atoms with Gasteiger partial charge in [-0.25, -0.2) is 15.4 Å². The first kappa shape index (κ1) is 39.0. The molecule has 13 heteroatoms. The van der Waals surface area contributed by atoms with Gasteiger partial charge in [-0.05, 0) is 67.9 Å². The third-order valence-electron chi connectivity index (χ3n) is 12.1. The molecule has 2 aliphatic heterocycles. The molecule has 6 atom stereocenters. The van der Waals surface area contributed by atoms with Gasteiger partial charge in [0, 0.05) is 83.1 Å². The Morgan fingerprint density at radius 2 is 1.96 bits per heavy atom. The van der Waals surface area contributed by atoms with E-state index in [0.29, 0.717) is 25.8 Å². The van der Waals surface area contributed by atoms with Gasteiger partial charge in [-0.2, -0.15) is 0 Å². The molecule has 0 radical (unpaired) electrons. The van der Waals surface area contributed by atoms with Crippen molar-refractivity contribution in [1.29, 1.82) is 0 Å². The van der Waals surface area contributed by atoms with Crippen LogP contribution in [0.4, 0.5) is 0 Å². The summed E-state index contributed by atoms with van der Waals surface area (Å²) in [6.07, 6.45) is 7.37. The van der Waals surface area contributed by atoms with Crippen molar-refractivity contribution < 1.29 is 19.1 Å². The quantitative estimate of drug-likeness (QED) is 0.176. The number of nitrogens with zero attached hydrogens (tertiary/aromatic N) is 6. The molecular formula is C44H54N8O4S. The molecule has 0 unspecified atom stereocenters. The fourth-order valence-corrected chi connectivity index (χ4v) is 9.92. The van der Waals surface area contributed by atoms with Crippen LogP contribution in [-0.2, 0) is 39.1 Å². The van der Waals surface area contributed by atoms with Gasteiger partial charge in [0.15, 0.2) is 0 Å². The van der Waals surface area contributed by atoms with Crippen molar-refractivity contribution in [3.05, 3.63) is 76.4 Å². The zero-order valence-electron chi connectivity index (χ0n) is 34.2. The number of hydrazine groups is 1. The lowest BCUT2D eigenvalue weighted by Gasteiger charge is -2.36. The summed E-state index contributed by atoms with van der Waals surface area (Å²) < 4.78 is 10.4. The molecule has 1 saturated carbocycles. The van der Waals surface area contributed by atoms with Gasteiger partial charge < -0.3 is 19.2 Å². The van der Waals surface area contributed by atoms with Gasteiger partial charge in [0.2, 0.25) is 5.91 Å². The van der Waals surface area contributed by atoms with E-state index in [1.807, 2.05) is 42.4 Å². The lowest BCUT2D eigenvalue weighted by atomic mass is 9.84. The van der Waals surface area contributed by atoms with Crippen molar-refractivity contribution in [2.45, 2.75) is 104 Å². The molecule has 8 rings (SSSR count). The zero-order valence-corrected chi connectivity index (χ0v) is 35.0. The molecule has 1 aliphatic carbocycles. The van der Waals surface area contributed by atoms with E-state index >= 15 is 0 Å². The Labute approximate surface area is 338 Å². The van der Waals surface area contributed by atoms with Crippen molar-refractivity contribution in [1.82, 2.24) is 39.8 Å². The Kier molecular flexibility index (Phi) is 10.3. The fraction of sp³-hybridized carbons (Fsp3) is 0.500. The number of thiazole rings is 1. The topological polar surface area (TPSA) is 136 Å². The van der Waals surface area contributed by atoms with Gasteiger partial charge in [0.25, 0.3) is 5.91 Å². The minimum atomic E-state index is -0.918. The summed E-state index contributed by atoms with van der Waals surface area (Å²) in [6.45, 7) is 16.2. The maximum atomic E-state index is 14.5. The van der Waals surface area contributed by atoms with Crippen LogP contribution in [0.2, 0.25) is 0 Å². The van der Waals surface area contributed by atoms with Gasteiger partial charge in [0.1, 0.15) is 12.1 Å². The number of pyridine rings is 1. The number of fused-ring (bicyclic) bond motifs is 6. The van der Waals surface area contributed by atoms with Crippen LogP contribution in [0.1, 0.15) is 101 Å². The van der Waals surface area contributed by atoms with Gasteiger partial charge in [-0.1, -0.05) is 47.6 Å². The molecule has 1 saturated heterocycles. The van der Waals surface area contributed by atoms with Crippen molar-refractivity contribution >= 4 is 40.0 Å². The SMILES string of the molecule is CCn1c(-c2cccnc2C(C)C)c2c3cc(ccc31)-c1csc(n1)[C@@H](C)[C@H](NC(=O)[C@@H]1[C@@H](C)[C@H]1c1cn(C)cn1)C(=O)N1CCC[C@H](N1)C(=O)OCC(C)(C)C2. The molecule has 1 aromatic carbocycles.